The Bertz CT molecular complexity index is 890. The first-order valence-electron chi connectivity index (χ1n) is 7.53. The van der Waals surface area contributed by atoms with Gasteiger partial charge in [0, 0.05) is 4.90 Å². The second-order valence-electron chi connectivity index (χ2n) is 5.98. The molecule has 0 saturated heterocycles. The molecule has 0 amide bonds. The summed E-state index contributed by atoms with van der Waals surface area (Å²) >= 11 is 4.57. The molecule has 0 saturated carbocycles. The van der Waals surface area contributed by atoms with Gasteiger partial charge in [-0.05, 0) is 42.6 Å². The van der Waals surface area contributed by atoms with Crippen molar-refractivity contribution in [1.29, 1.82) is 0 Å². The second-order valence-corrected chi connectivity index (χ2v) is 7.47. The molecule has 0 spiro atoms. The Balaban J connectivity index is 2.38. The molecule has 1 heterocycles. The second kappa shape index (κ2) is 7.56. The van der Waals surface area contributed by atoms with Crippen LogP contribution in [0.5, 0.6) is 0 Å². The molecule has 0 aliphatic heterocycles. The number of aryl methyl sites for hydroxylation is 2. The topological polar surface area (TPSA) is 30.7 Å². The average Bonchev–Trinajstić information content (AvgIpc) is 3.02. The molecule has 0 fully saturated rings. The van der Waals surface area contributed by atoms with Gasteiger partial charge < -0.3 is 0 Å². The van der Waals surface area contributed by atoms with Gasteiger partial charge in [-0.15, -0.1) is 16.9 Å². The van der Waals surface area contributed by atoms with E-state index in [0.29, 0.717) is 22.1 Å². The fraction of sp³-hybridized carbons (Fsp3) is 0.467. The van der Waals surface area contributed by atoms with E-state index in [4.69, 9.17) is 0 Å². The summed E-state index contributed by atoms with van der Waals surface area (Å²) in [6.45, 7) is 2.91. The van der Waals surface area contributed by atoms with Crippen LogP contribution in [0.3, 0.4) is 0 Å². The van der Waals surface area contributed by atoms with Gasteiger partial charge in [0.2, 0.25) is 5.82 Å². The summed E-state index contributed by atoms with van der Waals surface area (Å²) in [4.78, 5) is 3.09. The van der Waals surface area contributed by atoms with Crippen molar-refractivity contribution < 1.29 is 39.5 Å². The van der Waals surface area contributed by atoms with Gasteiger partial charge in [-0.25, -0.2) is 9.67 Å². The van der Waals surface area contributed by atoms with Gasteiger partial charge in [-0.1, -0.05) is 6.07 Å². The third-order valence-electron chi connectivity index (χ3n) is 3.69. The summed E-state index contributed by atoms with van der Waals surface area (Å²) < 4.78 is 117. The number of thioether (sulfide) groups is 1. The molecule has 0 radical (unpaired) electrons. The number of alkyl halides is 10. The van der Waals surface area contributed by atoms with Gasteiger partial charge >= 0.3 is 23.4 Å². The van der Waals surface area contributed by atoms with E-state index < -0.39 is 35.0 Å². The Hall–Kier alpha value is -1.63. The average molecular weight is 472 g/mol. The molecule has 2 rings (SSSR count). The maximum Gasteiger partial charge on any atom is 0.454 e. The van der Waals surface area contributed by atoms with Gasteiger partial charge in [0.05, 0.1) is 11.4 Å². The summed E-state index contributed by atoms with van der Waals surface area (Å²) in [5.74, 6) is -13.1. The monoisotopic (exact) mass is 471 g/mol. The smallest absolute Gasteiger partial charge is 0.220 e. The van der Waals surface area contributed by atoms with Crippen LogP contribution in [-0.4, -0.2) is 38.0 Å². The van der Waals surface area contributed by atoms with Crippen LogP contribution in [0, 0.1) is 13.8 Å². The van der Waals surface area contributed by atoms with Crippen molar-refractivity contribution in [3.63, 3.8) is 0 Å². The summed E-state index contributed by atoms with van der Waals surface area (Å²) in [5, 5.41) is -1.71. The minimum Gasteiger partial charge on any atom is -0.220 e. The zero-order chi connectivity index (χ0) is 22.4. The summed E-state index contributed by atoms with van der Waals surface area (Å²) in [6.07, 6.45) is -5.07. The first kappa shape index (κ1) is 23.6. The predicted octanol–water partition coefficient (Wildman–Crippen LogP) is 6.10. The largest absolute Gasteiger partial charge is 0.454 e. The molecule has 0 unspecified atom stereocenters. The van der Waals surface area contributed by atoms with Crippen LogP contribution in [0.4, 0.5) is 39.5 Å². The van der Waals surface area contributed by atoms with Crippen LogP contribution >= 0.6 is 23.4 Å². The molecule has 1 aromatic heterocycles. The predicted molar refractivity (Wildman–Crippen MR) is 87.3 cm³/mol. The molecule has 1 aromatic carbocycles. The normalized spacial score (nSPS) is 13.8. The third-order valence-corrected chi connectivity index (χ3v) is 5.19. The van der Waals surface area contributed by atoms with E-state index in [1.807, 2.05) is 0 Å². The van der Waals surface area contributed by atoms with E-state index in [1.54, 1.807) is 0 Å². The van der Waals surface area contributed by atoms with Crippen molar-refractivity contribution in [2.45, 2.75) is 42.1 Å². The van der Waals surface area contributed by atoms with E-state index in [1.165, 1.54) is 19.9 Å². The number of halogens is 10. The van der Waals surface area contributed by atoms with Crippen LogP contribution in [0.1, 0.15) is 17.0 Å². The highest BCUT2D eigenvalue weighted by Gasteiger charge is 2.59. The van der Waals surface area contributed by atoms with Crippen molar-refractivity contribution >= 4 is 23.4 Å². The van der Waals surface area contributed by atoms with Crippen molar-refractivity contribution in [2.75, 3.05) is 5.75 Å². The van der Waals surface area contributed by atoms with Crippen molar-refractivity contribution in [3.05, 3.63) is 35.4 Å². The Labute approximate surface area is 167 Å². The molecule has 3 nitrogen and oxygen atoms in total. The highest BCUT2D eigenvalue weighted by Crippen LogP contribution is 2.44. The molecular formula is C15H11ClF9N3S. The van der Waals surface area contributed by atoms with E-state index in [9.17, 15) is 39.5 Å². The molecule has 0 N–H and O–H groups in total. The Morgan fingerprint density at radius 3 is 2.07 bits per heavy atom. The molecule has 0 bridgehead atoms. The fourth-order valence-electron chi connectivity index (χ4n) is 2.12. The zero-order valence-electron chi connectivity index (χ0n) is 14.5. The van der Waals surface area contributed by atoms with Crippen molar-refractivity contribution in [1.82, 2.24) is 14.8 Å². The van der Waals surface area contributed by atoms with E-state index in [-0.39, 0.29) is 22.3 Å². The van der Waals surface area contributed by atoms with Crippen LogP contribution in [0.2, 0.25) is 0 Å². The van der Waals surface area contributed by atoms with Gasteiger partial charge in [0.25, 0.3) is 0 Å². The Kier molecular flexibility index (Phi) is 6.17. The minimum absolute atomic E-state index is 0.0130. The number of rotatable bonds is 6. The van der Waals surface area contributed by atoms with Gasteiger partial charge in [-0.2, -0.15) is 39.5 Å². The molecule has 0 aliphatic carbocycles. The lowest BCUT2D eigenvalue weighted by atomic mass is 10.1. The standard InChI is InChI=1S/C15H11ClF9N3S/c1-7-3-8(2)10(29-5-12(17,18)15(23,24)25)4-9(7)28-6-26-11(27-28)13(19,20)14(16,21)22/h3-4,6H,5H2,1-2H3. The van der Waals surface area contributed by atoms with Gasteiger partial charge in [-0.3, -0.25) is 0 Å². The molecule has 0 atom stereocenters. The minimum atomic E-state index is -5.74. The van der Waals surface area contributed by atoms with Crippen molar-refractivity contribution in [2.24, 2.45) is 0 Å². The lowest BCUT2D eigenvalue weighted by Gasteiger charge is -2.20. The SMILES string of the molecule is Cc1cc(C)c(-n2cnc(C(F)(F)C(F)(F)Cl)n2)cc1SCC(F)(F)C(F)(F)F. The highest BCUT2D eigenvalue weighted by atomic mass is 35.5. The summed E-state index contributed by atoms with van der Waals surface area (Å²) in [7, 11) is 0. The lowest BCUT2D eigenvalue weighted by molar-refractivity contribution is -0.271. The fourth-order valence-corrected chi connectivity index (χ4v) is 3.19. The van der Waals surface area contributed by atoms with E-state index >= 15 is 0 Å². The van der Waals surface area contributed by atoms with E-state index in [2.05, 4.69) is 21.7 Å². The lowest BCUT2D eigenvalue weighted by Crippen LogP contribution is -2.38. The maximum atomic E-state index is 13.6. The quantitative estimate of drug-likeness (QED) is 0.290. The molecule has 162 valence electrons. The molecule has 29 heavy (non-hydrogen) atoms. The van der Waals surface area contributed by atoms with Crippen LogP contribution in [-0.2, 0) is 5.92 Å². The first-order valence-corrected chi connectivity index (χ1v) is 8.89. The van der Waals surface area contributed by atoms with Gasteiger partial charge in [0.15, 0.2) is 0 Å². The zero-order valence-corrected chi connectivity index (χ0v) is 16.0. The number of hydrogen-bond acceptors (Lipinski definition) is 3. The van der Waals surface area contributed by atoms with Crippen molar-refractivity contribution in [3.8, 4) is 5.69 Å². The van der Waals surface area contributed by atoms with Crippen LogP contribution < -0.4 is 0 Å². The van der Waals surface area contributed by atoms with Gasteiger partial charge in [0.1, 0.15) is 6.33 Å². The maximum absolute atomic E-state index is 13.6. The Morgan fingerprint density at radius 2 is 1.55 bits per heavy atom. The third kappa shape index (κ3) is 4.76. The Morgan fingerprint density at radius 1 is 0.966 bits per heavy atom. The summed E-state index contributed by atoms with van der Waals surface area (Å²) in [6, 6.07) is 2.51. The number of benzene rings is 1. The molecular weight excluding hydrogens is 461 g/mol. The molecule has 0 aliphatic rings. The van der Waals surface area contributed by atoms with E-state index in [0.717, 1.165) is 6.07 Å². The summed E-state index contributed by atoms with van der Waals surface area (Å²) in [5.41, 5.74) is 0.667. The highest BCUT2D eigenvalue weighted by molar-refractivity contribution is 7.99. The number of hydrogen-bond donors (Lipinski definition) is 0. The van der Waals surface area contributed by atoms with Crippen LogP contribution in [0.25, 0.3) is 5.69 Å². The van der Waals surface area contributed by atoms with Crippen LogP contribution in [0.15, 0.2) is 23.4 Å². The number of aromatic nitrogens is 3. The molecule has 2 aromatic rings. The molecule has 14 heteroatoms. The first-order chi connectivity index (χ1) is 13.0. The number of nitrogens with zero attached hydrogens (tertiary/aromatic N) is 3.